The van der Waals surface area contributed by atoms with Crippen molar-refractivity contribution in [3.8, 4) is 0 Å². The molecule has 2 heterocycles. The quantitative estimate of drug-likeness (QED) is 0.767. The summed E-state index contributed by atoms with van der Waals surface area (Å²) >= 11 is 1.69. The van der Waals surface area contributed by atoms with Crippen LogP contribution in [0.1, 0.15) is 23.6 Å². The number of fused-ring (bicyclic) bond motifs is 2. The van der Waals surface area contributed by atoms with E-state index in [4.69, 9.17) is 0 Å². The van der Waals surface area contributed by atoms with Crippen molar-refractivity contribution in [2.75, 3.05) is 5.32 Å². The Morgan fingerprint density at radius 3 is 3.11 bits per heavy atom. The fourth-order valence-electron chi connectivity index (χ4n) is 2.76. The number of thiophene rings is 1. The topological polar surface area (TPSA) is 37.8 Å². The summed E-state index contributed by atoms with van der Waals surface area (Å²) in [6.45, 7) is 0. The Labute approximate surface area is 115 Å². The minimum atomic E-state index is 0.372. The Morgan fingerprint density at radius 2 is 2.11 bits per heavy atom. The number of anilines is 1. The molecule has 0 fully saturated rings. The summed E-state index contributed by atoms with van der Waals surface area (Å²) in [5.74, 6) is 0.960. The van der Waals surface area contributed by atoms with E-state index < -0.39 is 0 Å². The van der Waals surface area contributed by atoms with Crippen molar-refractivity contribution in [2.45, 2.75) is 18.9 Å². The van der Waals surface area contributed by atoms with Crippen LogP contribution in [0.15, 0.2) is 42.0 Å². The highest BCUT2D eigenvalue weighted by atomic mass is 32.1. The average molecular weight is 267 g/mol. The molecule has 3 nitrogen and oxygen atoms in total. The zero-order valence-electron chi connectivity index (χ0n) is 10.3. The highest BCUT2D eigenvalue weighted by molar-refractivity contribution is 7.17. The largest absolute Gasteiger partial charge is 0.362 e. The lowest BCUT2D eigenvalue weighted by molar-refractivity contribution is 0.758. The molecule has 1 aliphatic rings. The van der Waals surface area contributed by atoms with Gasteiger partial charge in [0.25, 0.3) is 0 Å². The molecule has 2 aromatic heterocycles. The van der Waals surface area contributed by atoms with Gasteiger partial charge in [0.2, 0.25) is 0 Å². The van der Waals surface area contributed by atoms with E-state index >= 15 is 0 Å². The van der Waals surface area contributed by atoms with Crippen LogP contribution < -0.4 is 5.32 Å². The summed E-state index contributed by atoms with van der Waals surface area (Å²) in [4.78, 5) is 8.68. The molecular weight excluding hydrogens is 254 g/mol. The Kier molecular flexibility index (Phi) is 2.48. The van der Waals surface area contributed by atoms with Gasteiger partial charge in [-0.05, 0) is 35.4 Å². The molecule has 1 atom stereocenters. The second kappa shape index (κ2) is 4.31. The van der Waals surface area contributed by atoms with Gasteiger partial charge < -0.3 is 5.32 Å². The van der Waals surface area contributed by atoms with Gasteiger partial charge >= 0.3 is 0 Å². The van der Waals surface area contributed by atoms with Gasteiger partial charge in [-0.2, -0.15) is 0 Å². The van der Waals surface area contributed by atoms with Crippen molar-refractivity contribution in [3.63, 3.8) is 0 Å². The molecule has 0 saturated carbocycles. The van der Waals surface area contributed by atoms with Crippen LogP contribution >= 0.6 is 11.3 Å². The van der Waals surface area contributed by atoms with E-state index in [0.717, 1.165) is 28.9 Å². The first-order valence-corrected chi connectivity index (χ1v) is 7.32. The van der Waals surface area contributed by atoms with Crippen molar-refractivity contribution in [1.82, 2.24) is 9.97 Å². The zero-order valence-corrected chi connectivity index (χ0v) is 11.2. The van der Waals surface area contributed by atoms with E-state index in [9.17, 15) is 0 Å². The SMILES string of the molecule is c1ccc2c(c1)CCC2Nc1ncnc2ccsc12. The molecule has 94 valence electrons. The van der Waals surface area contributed by atoms with Crippen LogP contribution in [0.4, 0.5) is 5.82 Å². The third-order valence-corrected chi connectivity index (χ3v) is 4.60. The van der Waals surface area contributed by atoms with Crippen LogP contribution in [0.3, 0.4) is 0 Å². The molecule has 4 heteroatoms. The fourth-order valence-corrected chi connectivity index (χ4v) is 3.56. The van der Waals surface area contributed by atoms with Gasteiger partial charge in [0, 0.05) is 0 Å². The molecule has 1 N–H and O–H groups in total. The lowest BCUT2D eigenvalue weighted by atomic mass is 10.1. The van der Waals surface area contributed by atoms with E-state index in [1.807, 2.05) is 6.07 Å². The Balaban J connectivity index is 1.71. The van der Waals surface area contributed by atoms with Gasteiger partial charge in [-0.1, -0.05) is 24.3 Å². The highest BCUT2D eigenvalue weighted by Gasteiger charge is 2.22. The molecule has 1 unspecified atom stereocenters. The van der Waals surface area contributed by atoms with E-state index in [1.54, 1.807) is 17.7 Å². The average Bonchev–Trinajstić information content (AvgIpc) is 3.06. The molecule has 3 aromatic rings. The fraction of sp³-hybridized carbons (Fsp3) is 0.200. The summed E-state index contributed by atoms with van der Waals surface area (Å²) in [6.07, 6.45) is 3.92. The summed E-state index contributed by atoms with van der Waals surface area (Å²) in [5, 5.41) is 5.65. The van der Waals surface area contributed by atoms with Crippen molar-refractivity contribution in [1.29, 1.82) is 0 Å². The monoisotopic (exact) mass is 267 g/mol. The van der Waals surface area contributed by atoms with E-state index in [-0.39, 0.29) is 0 Å². The van der Waals surface area contributed by atoms with Gasteiger partial charge in [-0.15, -0.1) is 11.3 Å². The van der Waals surface area contributed by atoms with Crippen LogP contribution in [0.25, 0.3) is 10.2 Å². The third-order valence-electron chi connectivity index (χ3n) is 3.69. The number of aryl methyl sites for hydroxylation is 1. The van der Waals surface area contributed by atoms with Crippen LogP contribution in [0.5, 0.6) is 0 Å². The van der Waals surface area contributed by atoms with Crippen molar-refractivity contribution >= 4 is 27.4 Å². The highest BCUT2D eigenvalue weighted by Crippen LogP contribution is 2.35. The maximum Gasteiger partial charge on any atom is 0.147 e. The van der Waals surface area contributed by atoms with Crippen molar-refractivity contribution in [3.05, 3.63) is 53.2 Å². The number of benzene rings is 1. The van der Waals surface area contributed by atoms with Crippen LogP contribution in [-0.4, -0.2) is 9.97 Å². The van der Waals surface area contributed by atoms with Crippen molar-refractivity contribution < 1.29 is 0 Å². The molecule has 0 saturated heterocycles. The second-order valence-electron chi connectivity index (χ2n) is 4.79. The molecular formula is C15H13N3S. The number of nitrogens with zero attached hydrogens (tertiary/aromatic N) is 2. The normalized spacial score (nSPS) is 17.6. The Bertz CT molecular complexity index is 735. The summed E-state index contributed by atoms with van der Waals surface area (Å²) in [7, 11) is 0. The van der Waals surface area contributed by atoms with Crippen LogP contribution in [0.2, 0.25) is 0 Å². The number of rotatable bonds is 2. The van der Waals surface area contributed by atoms with Crippen molar-refractivity contribution in [2.24, 2.45) is 0 Å². The van der Waals surface area contributed by atoms with Gasteiger partial charge in [-0.3, -0.25) is 0 Å². The molecule has 0 amide bonds. The smallest absolute Gasteiger partial charge is 0.147 e. The number of nitrogens with one attached hydrogen (secondary N) is 1. The predicted octanol–water partition coefficient (Wildman–Crippen LogP) is 3.79. The molecule has 4 rings (SSSR count). The summed E-state index contributed by atoms with van der Waals surface area (Å²) in [5.41, 5.74) is 3.89. The Hall–Kier alpha value is -1.94. The Morgan fingerprint density at radius 1 is 1.16 bits per heavy atom. The first kappa shape index (κ1) is 10.9. The third kappa shape index (κ3) is 1.79. The van der Waals surface area contributed by atoms with E-state index in [1.165, 1.54) is 11.1 Å². The predicted molar refractivity (Wildman–Crippen MR) is 78.5 cm³/mol. The van der Waals surface area contributed by atoms with E-state index in [0.29, 0.717) is 6.04 Å². The summed E-state index contributed by atoms with van der Waals surface area (Å²) < 4.78 is 1.15. The standard InChI is InChI=1S/C15H13N3S/c1-2-4-11-10(3-1)5-6-12(11)18-15-14-13(7-8-19-14)16-9-17-15/h1-4,7-9,12H,5-6H2,(H,16,17,18). The molecule has 0 aliphatic heterocycles. The molecule has 1 aliphatic carbocycles. The second-order valence-corrected chi connectivity index (χ2v) is 5.71. The maximum atomic E-state index is 4.40. The molecule has 19 heavy (non-hydrogen) atoms. The first-order valence-electron chi connectivity index (χ1n) is 6.44. The van der Waals surface area contributed by atoms with Crippen LogP contribution in [0, 0.1) is 0 Å². The van der Waals surface area contributed by atoms with Gasteiger partial charge in [0.1, 0.15) is 12.1 Å². The van der Waals surface area contributed by atoms with Gasteiger partial charge in [-0.25, -0.2) is 9.97 Å². The summed E-state index contributed by atoms with van der Waals surface area (Å²) in [6, 6.07) is 11.1. The number of hydrogen-bond acceptors (Lipinski definition) is 4. The molecule has 0 radical (unpaired) electrons. The number of hydrogen-bond donors (Lipinski definition) is 1. The zero-order chi connectivity index (χ0) is 12.7. The lowest BCUT2D eigenvalue weighted by Gasteiger charge is -2.14. The van der Waals surface area contributed by atoms with E-state index in [2.05, 4.69) is 44.9 Å². The molecule has 0 bridgehead atoms. The number of aromatic nitrogens is 2. The molecule has 0 spiro atoms. The van der Waals surface area contributed by atoms with Crippen LogP contribution in [-0.2, 0) is 6.42 Å². The first-order chi connectivity index (χ1) is 9.42. The molecule has 1 aromatic carbocycles. The van der Waals surface area contributed by atoms with Gasteiger partial charge in [0.05, 0.1) is 16.3 Å². The minimum absolute atomic E-state index is 0.372. The lowest BCUT2D eigenvalue weighted by Crippen LogP contribution is -2.08. The van der Waals surface area contributed by atoms with Gasteiger partial charge in [0.15, 0.2) is 0 Å². The minimum Gasteiger partial charge on any atom is -0.362 e. The maximum absolute atomic E-state index is 4.40.